The van der Waals surface area contributed by atoms with Gasteiger partial charge in [0.25, 0.3) is 0 Å². The van der Waals surface area contributed by atoms with Crippen LogP contribution in [-0.4, -0.2) is 19.5 Å². The van der Waals surface area contributed by atoms with Crippen molar-refractivity contribution in [2.24, 2.45) is 5.92 Å². The molecule has 0 N–H and O–H groups in total. The van der Waals surface area contributed by atoms with Gasteiger partial charge in [0.2, 0.25) is 0 Å². The van der Waals surface area contributed by atoms with E-state index in [-0.39, 0.29) is 6.29 Å². The maximum atomic E-state index is 5.93. The SMILES string of the molecule is Brc1ccc2c(c1)C[C@H](CO[C@@H]1CCCCO1)CC2. The van der Waals surface area contributed by atoms with Crippen molar-refractivity contribution in [3.05, 3.63) is 33.8 Å². The summed E-state index contributed by atoms with van der Waals surface area (Å²) in [6.45, 7) is 1.71. The second-order valence-corrected chi connectivity index (χ2v) is 6.57. The van der Waals surface area contributed by atoms with Gasteiger partial charge in [-0.2, -0.15) is 0 Å². The van der Waals surface area contributed by atoms with Crippen molar-refractivity contribution < 1.29 is 9.47 Å². The van der Waals surface area contributed by atoms with Gasteiger partial charge in [-0.3, -0.25) is 0 Å². The van der Waals surface area contributed by atoms with Gasteiger partial charge in [0, 0.05) is 11.1 Å². The van der Waals surface area contributed by atoms with Crippen LogP contribution in [0.2, 0.25) is 0 Å². The van der Waals surface area contributed by atoms with Crippen molar-refractivity contribution in [2.45, 2.75) is 44.8 Å². The number of aryl methyl sites for hydroxylation is 1. The van der Waals surface area contributed by atoms with Crippen LogP contribution in [0.5, 0.6) is 0 Å². The van der Waals surface area contributed by atoms with Crippen molar-refractivity contribution >= 4 is 15.9 Å². The normalized spacial score (nSPS) is 27.0. The van der Waals surface area contributed by atoms with Crippen LogP contribution in [0.3, 0.4) is 0 Å². The number of hydrogen-bond donors (Lipinski definition) is 0. The first-order valence-corrected chi connectivity index (χ1v) is 8.11. The average molecular weight is 325 g/mol. The molecule has 19 heavy (non-hydrogen) atoms. The second kappa shape index (κ2) is 6.38. The minimum absolute atomic E-state index is 0.0534. The summed E-state index contributed by atoms with van der Waals surface area (Å²) in [5.41, 5.74) is 2.99. The van der Waals surface area contributed by atoms with Gasteiger partial charge in [-0.05, 0) is 67.7 Å². The number of benzene rings is 1. The van der Waals surface area contributed by atoms with Crippen molar-refractivity contribution in [1.29, 1.82) is 0 Å². The van der Waals surface area contributed by atoms with E-state index in [1.165, 1.54) is 41.3 Å². The zero-order valence-corrected chi connectivity index (χ0v) is 12.8. The molecule has 3 rings (SSSR count). The Kier molecular flexibility index (Phi) is 4.57. The fraction of sp³-hybridized carbons (Fsp3) is 0.625. The minimum Gasteiger partial charge on any atom is -0.353 e. The number of rotatable bonds is 3. The van der Waals surface area contributed by atoms with E-state index in [4.69, 9.17) is 9.47 Å². The highest BCUT2D eigenvalue weighted by molar-refractivity contribution is 9.10. The fourth-order valence-corrected chi connectivity index (χ4v) is 3.44. The molecule has 1 aliphatic heterocycles. The van der Waals surface area contributed by atoms with Crippen LogP contribution in [0, 0.1) is 5.92 Å². The van der Waals surface area contributed by atoms with Gasteiger partial charge in [0.15, 0.2) is 6.29 Å². The summed E-state index contributed by atoms with van der Waals surface area (Å²) in [5, 5.41) is 0. The third-order valence-corrected chi connectivity index (χ3v) is 4.65. The van der Waals surface area contributed by atoms with Crippen LogP contribution >= 0.6 is 15.9 Å². The lowest BCUT2D eigenvalue weighted by Crippen LogP contribution is -2.27. The van der Waals surface area contributed by atoms with Crippen molar-refractivity contribution in [2.75, 3.05) is 13.2 Å². The van der Waals surface area contributed by atoms with Gasteiger partial charge < -0.3 is 9.47 Å². The summed E-state index contributed by atoms with van der Waals surface area (Å²) >= 11 is 3.56. The molecule has 2 nitrogen and oxygen atoms in total. The number of ether oxygens (including phenoxy) is 2. The van der Waals surface area contributed by atoms with Gasteiger partial charge in [-0.15, -0.1) is 0 Å². The predicted octanol–water partition coefficient (Wildman–Crippen LogP) is 4.10. The standard InChI is InChI=1S/C16H21BrO2/c17-15-7-6-13-5-4-12(9-14(13)10-15)11-19-16-3-1-2-8-18-16/h6-7,10,12,16H,1-5,8-9,11H2/t12-,16-/m1/s1. The molecule has 1 aromatic carbocycles. The Morgan fingerprint density at radius 1 is 1.21 bits per heavy atom. The van der Waals surface area contributed by atoms with E-state index in [2.05, 4.69) is 34.1 Å². The first-order chi connectivity index (χ1) is 9.31. The molecule has 1 heterocycles. The highest BCUT2D eigenvalue weighted by Gasteiger charge is 2.21. The van der Waals surface area contributed by atoms with Crippen LogP contribution in [0.4, 0.5) is 0 Å². The van der Waals surface area contributed by atoms with Crippen LogP contribution in [0.25, 0.3) is 0 Å². The Morgan fingerprint density at radius 3 is 3.00 bits per heavy atom. The largest absolute Gasteiger partial charge is 0.353 e. The summed E-state index contributed by atoms with van der Waals surface area (Å²) in [7, 11) is 0. The molecular weight excluding hydrogens is 304 g/mol. The second-order valence-electron chi connectivity index (χ2n) is 5.65. The lowest BCUT2D eigenvalue weighted by atomic mass is 9.84. The molecule has 1 aromatic rings. The molecule has 0 radical (unpaired) electrons. The first-order valence-electron chi connectivity index (χ1n) is 7.32. The van der Waals surface area contributed by atoms with Crippen LogP contribution in [0.1, 0.15) is 36.8 Å². The Balaban J connectivity index is 1.53. The van der Waals surface area contributed by atoms with E-state index >= 15 is 0 Å². The molecule has 1 aliphatic carbocycles. The summed E-state index contributed by atoms with van der Waals surface area (Å²) in [4.78, 5) is 0. The first kappa shape index (κ1) is 13.6. The molecule has 1 fully saturated rings. The fourth-order valence-electron chi connectivity index (χ4n) is 3.03. The zero-order chi connectivity index (χ0) is 13.1. The molecule has 0 aromatic heterocycles. The van der Waals surface area contributed by atoms with E-state index in [1.54, 1.807) is 0 Å². The summed E-state index contributed by atoms with van der Waals surface area (Å²) in [6.07, 6.45) is 7.10. The monoisotopic (exact) mass is 324 g/mol. The van der Waals surface area contributed by atoms with Crippen LogP contribution < -0.4 is 0 Å². The van der Waals surface area contributed by atoms with E-state index in [0.717, 1.165) is 26.1 Å². The van der Waals surface area contributed by atoms with Gasteiger partial charge in [0.1, 0.15) is 0 Å². The molecule has 0 amide bonds. The average Bonchev–Trinajstić information content (AvgIpc) is 2.46. The van der Waals surface area contributed by atoms with Crippen LogP contribution in [-0.2, 0) is 22.3 Å². The lowest BCUT2D eigenvalue weighted by Gasteiger charge is -2.28. The van der Waals surface area contributed by atoms with E-state index < -0.39 is 0 Å². The third kappa shape index (κ3) is 3.59. The molecule has 0 bridgehead atoms. The Labute approximate surface area is 123 Å². The maximum Gasteiger partial charge on any atom is 0.157 e. The minimum atomic E-state index is 0.0534. The predicted molar refractivity (Wildman–Crippen MR) is 79.2 cm³/mol. The molecule has 3 heteroatoms. The number of fused-ring (bicyclic) bond motifs is 1. The molecule has 0 saturated carbocycles. The van der Waals surface area contributed by atoms with Crippen molar-refractivity contribution in [3.8, 4) is 0 Å². The molecule has 1 saturated heterocycles. The van der Waals surface area contributed by atoms with Gasteiger partial charge in [0.05, 0.1) is 6.61 Å². The van der Waals surface area contributed by atoms with Crippen LogP contribution in [0.15, 0.2) is 22.7 Å². The highest BCUT2D eigenvalue weighted by atomic mass is 79.9. The maximum absolute atomic E-state index is 5.93. The molecule has 2 aliphatic rings. The van der Waals surface area contributed by atoms with E-state index in [0.29, 0.717) is 5.92 Å². The quantitative estimate of drug-likeness (QED) is 0.833. The summed E-state index contributed by atoms with van der Waals surface area (Å²) in [6, 6.07) is 6.66. The Hall–Kier alpha value is -0.380. The van der Waals surface area contributed by atoms with E-state index in [9.17, 15) is 0 Å². The number of halogens is 1. The number of hydrogen-bond acceptors (Lipinski definition) is 2. The topological polar surface area (TPSA) is 18.5 Å². The summed E-state index contributed by atoms with van der Waals surface area (Å²) in [5.74, 6) is 0.646. The van der Waals surface area contributed by atoms with Crippen molar-refractivity contribution in [1.82, 2.24) is 0 Å². The van der Waals surface area contributed by atoms with Gasteiger partial charge in [-0.1, -0.05) is 22.0 Å². The molecular formula is C16H21BrO2. The van der Waals surface area contributed by atoms with Crippen molar-refractivity contribution in [3.63, 3.8) is 0 Å². The molecule has 0 spiro atoms. The third-order valence-electron chi connectivity index (χ3n) is 4.15. The highest BCUT2D eigenvalue weighted by Crippen LogP contribution is 2.28. The molecule has 104 valence electrons. The lowest BCUT2D eigenvalue weighted by molar-refractivity contribution is -0.169. The Bertz CT molecular complexity index is 427. The smallest absolute Gasteiger partial charge is 0.157 e. The van der Waals surface area contributed by atoms with Gasteiger partial charge in [-0.25, -0.2) is 0 Å². The molecule has 2 atom stereocenters. The molecule has 0 unspecified atom stereocenters. The van der Waals surface area contributed by atoms with Gasteiger partial charge >= 0.3 is 0 Å². The zero-order valence-electron chi connectivity index (χ0n) is 11.2. The van der Waals surface area contributed by atoms with E-state index in [1.807, 2.05) is 0 Å². The Morgan fingerprint density at radius 2 is 2.16 bits per heavy atom. The summed E-state index contributed by atoms with van der Waals surface area (Å²) < 4.78 is 12.7.